The molecule has 21 heavy (non-hydrogen) atoms. The molecule has 1 heterocycles. The molecule has 0 bridgehead atoms. The predicted octanol–water partition coefficient (Wildman–Crippen LogP) is 2.09. The third kappa shape index (κ3) is 5.23. The number of halogens is 1. The van der Waals surface area contributed by atoms with Crippen LogP contribution in [-0.2, 0) is 14.8 Å². The highest BCUT2D eigenvalue weighted by Crippen LogP contribution is 2.36. The molecule has 1 atom stereocenters. The molecule has 0 amide bonds. The largest absolute Gasteiger partial charge is 0.481 e. The SMILES string of the molecule is CC(CCC(=O)O)CNS(=O)(=O)c1cc([N+](=O)[O-])c(Cl)s1. The molecular weight excluding hydrogens is 344 g/mol. The van der Waals surface area contributed by atoms with E-state index >= 15 is 0 Å². The van der Waals surface area contributed by atoms with Crippen LogP contribution < -0.4 is 4.72 Å². The summed E-state index contributed by atoms with van der Waals surface area (Å²) >= 11 is 6.21. The van der Waals surface area contributed by atoms with E-state index in [4.69, 9.17) is 16.7 Å². The van der Waals surface area contributed by atoms with E-state index in [0.29, 0.717) is 17.8 Å². The number of hydrogen-bond acceptors (Lipinski definition) is 6. The first-order valence-electron chi connectivity index (χ1n) is 5.78. The lowest BCUT2D eigenvalue weighted by Gasteiger charge is -2.10. The molecule has 1 unspecified atom stereocenters. The molecule has 0 spiro atoms. The van der Waals surface area contributed by atoms with Gasteiger partial charge >= 0.3 is 5.97 Å². The molecule has 1 rings (SSSR count). The van der Waals surface area contributed by atoms with Gasteiger partial charge in [-0.2, -0.15) is 0 Å². The zero-order valence-electron chi connectivity index (χ0n) is 10.9. The summed E-state index contributed by atoms with van der Waals surface area (Å²) in [6.45, 7) is 1.74. The van der Waals surface area contributed by atoms with Crippen LogP contribution in [-0.4, -0.2) is 31.0 Å². The average Bonchev–Trinajstić information content (AvgIpc) is 2.77. The highest BCUT2D eigenvalue weighted by molar-refractivity contribution is 7.91. The summed E-state index contributed by atoms with van der Waals surface area (Å²) in [5, 5.41) is 19.2. The number of nitro groups is 1. The number of carboxylic acid groups (broad SMARTS) is 1. The molecule has 0 saturated carbocycles. The normalized spacial score (nSPS) is 13.0. The molecule has 0 aliphatic heterocycles. The van der Waals surface area contributed by atoms with Gasteiger partial charge in [-0.25, -0.2) is 13.1 Å². The first-order valence-corrected chi connectivity index (χ1v) is 8.46. The van der Waals surface area contributed by atoms with Crippen molar-refractivity contribution in [2.45, 2.75) is 24.0 Å². The highest BCUT2D eigenvalue weighted by atomic mass is 35.5. The molecule has 0 aliphatic carbocycles. The number of carbonyl (C=O) groups is 1. The molecule has 0 radical (unpaired) electrons. The Kier molecular flexibility index (Phi) is 6.08. The summed E-state index contributed by atoms with van der Waals surface area (Å²) in [6.07, 6.45) is 0.266. The van der Waals surface area contributed by atoms with Crippen molar-refractivity contribution in [2.24, 2.45) is 5.92 Å². The molecule has 2 N–H and O–H groups in total. The number of nitrogens with one attached hydrogen (secondary N) is 1. The Morgan fingerprint density at radius 3 is 2.71 bits per heavy atom. The van der Waals surface area contributed by atoms with Gasteiger partial charge in [-0.15, -0.1) is 11.3 Å². The van der Waals surface area contributed by atoms with Gasteiger partial charge in [0, 0.05) is 19.0 Å². The lowest BCUT2D eigenvalue weighted by Crippen LogP contribution is -2.28. The van der Waals surface area contributed by atoms with Crippen molar-refractivity contribution < 1.29 is 23.2 Å². The average molecular weight is 357 g/mol. The van der Waals surface area contributed by atoms with E-state index < -0.39 is 26.6 Å². The number of carboxylic acids is 1. The Morgan fingerprint density at radius 1 is 1.62 bits per heavy atom. The Bertz CT molecular complexity index is 642. The number of nitrogens with zero attached hydrogens (tertiary/aromatic N) is 1. The Labute approximate surface area is 129 Å². The molecule has 0 aliphatic rings. The zero-order valence-corrected chi connectivity index (χ0v) is 13.3. The van der Waals surface area contributed by atoms with Gasteiger partial charge in [0.1, 0.15) is 4.21 Å². The Hall–Kier alpha value is -1.23. The molecule has 1 aromatic heterocycles. The zero-order chi connectivity index (χ0) is 16.2. The number of hydrogen-bond donors (Lipinski definition) is 2. The van der Waals surface area contributed by atoms with Gasteiger partial charge in [-0.05, 0) is 12.3 Å². The van der Waals surface area contributed by atoms with Crippen LogP contribution in [0.3, 0.4) is 0 Å². The topological polar surface area (TPSA) is 127 Å². The van der Waals surface area contributed by atoms with Crippen LogP contribution >= 0.6 is 22.9 Å². The lowest BCUT2D eigenvalue weighted by atomic mass is 10.1. The standard InChI is InChI=1S/C10H13ClN2O6S2/c1-6(2-3-8(14)15)5-12-21(18,19)9-4-7(13(16)17)10(11)20-9/h4,6,12H,2-3,5H2,1H3,(H,14,15). The molecule has 0 fully saturated rings. The van der Waals surface area contributed by atoms with Crippen molar-refractivity contribution in [3.8, 4) is 0 Å². The molecule has 11 heteroatoms. The minimum atomic E-state index is -3.90. The van der Waals surface area contributed by atoms with E-state index in [9.17, 15) is 23.3 Å². The van der Waals surface area contributed by atoms with Crippen molar-refractivity contribution >= 4 is 44.6 Å². The minimum absolute atomic E-state index is 0.0406. The van der Waals surface area contributed by atoms with E-state index in [1.807, 2.05) is 0 Å². The van der Waals surface area contributed by atoms with Crippen molar-refractivity contribution in [1.29, 1.82) is 0 Å². The maximum atomic E-state index is 12.0. The summed E-state index contributed by atoms with van der Waals surface area (Å²) in [6, 6.07) is 0.900. The van der Waals surface area contributed by atoms with Crippen molar-refractivity contribution in [1.82, 2.24) is 4.72 Å². The van der Waals surface area contributed by atoms with Crippen molar-refractivity contribution in [3.05, 3.63) is 20.5 Å². The quantitative estimate of drug-likeness (QED) is 0.542. The van der Waals surface area contributed by atoms with E-state index in [0.717, 1.165) is 6.07 Å². The van der Waals surface area contributed by atoms with Crippen LogP contribution in [0, 0.1) is 16.0 Å². The second-order valence-electron chi connectivity index (χ2n) is 4.37. The van der Waals surface area contributed by atoms with Gasteiger partial charge in [-0.1, -0.05) is 18.5 Å². The number of rotatable bonds is 8. The summed E-state index contributed by atoms with van der Waals surface area (Å²) in [5.74, 6) is -1.13. The van der Waals surface area contributed by atoms with Gasteiger partial charge in [0.25, 0.3) is 5.69 Å². The maximum absolute atomic E-state index is 12.0. The summed E-state index contributed by atoms with van der Waals surface area (Å²) < 4.78 is 25.8. The van der Waals surface area contributed by atoms with E-state index in [1.165, 1.54) is 0 Å². The Morgan fingerprint density at radius 2 is 2.24 bits per heavy atom. The first-order chi connectivity index (χ1) is 9.63. The second kappa shape index (κ2) is 7.16. The summed E-state index contributed by atoms with van der Waals surface area (Å²) in [4.78, 5) is 20.3. The van der Waals surface area contributed by atoms with Crippen LogP contribution in [0.5, 0.6) is 0 Å². The van der Waals surface area contributed by atoms with E-state index in [2.05, 4.69) is 4.72 Å². The number of aliphatic carboxylic acids is 1. The molecule has 1 aromatic rings. The van der Waals surface area contributed by atoms with Crippen LogP contribution in [0.4, 0.5) is 5.69 Å². The molecule has 0 saturated heterocycles. The summed E-state index contributed by atoms with van der Waals surface area (Å²) in [7, 11) is -3.90. The molecule has 0 aromatic carbocycles. The smallest absolute Gasteiger partial charge is 0.303 e. The fourth-order valence-corrected chi connectivity index (χ4v) is 4.26. The van der Waals surface area contributed by atoms with E-state index in [-0.39, 0.29) is 27.4 Å². The van der Waals surface area contributed by atoms with Crippen LogP contribution in [0.15, 0.2) is 10.3 Å². The van der Waals surface area contributed by atoms with Gasteiger partial charge < -0.3 is 5.11 Å². The van der Waals surface area contributed by atoms with Crippen LogP contribution in [0.1, 0.15) is 19.8 Å². The van der Waals surface area contributed by atoms with Crippen molar-refractivity contribution in [3.63, 3.8) is 0 Å². The third-order valence-electron chi connectivity index (χ3n) is 2.58. The molecular formula is C10H13ClN2O6S2. The molecule has 8 nitrogen and oxygen atoms in total. The maximum Gasteiger partial charge on any atom is 0.303 e. The third-order valence-corrected chi connectivity index (χ3v) is 5.82. The minimum Gasteiger partial charge on any atom is -0.481 e. The van der Waals surface area contributed by atoms with Gasteiger partial charge in [-0.3, -0.25) is 14.9 Å². The van der Waals surface area contributed by atoms with Gasteiger partial charge in [0.2, 0.25) is 10.0 Å². The van der Waals surface area contributed by atoms with Gasteiger partial charge in [0.05, 0.1) is 4.92 Å². The second-order valence-corrected chi connectivity index (χ2v) is 8.02. The highest BCUT2D eigenvalue weighted by Gasteiger charge is 2.25. The summed E-state index contributed by atoms with van der Waals surface area (Å²) in [5.41, 5.74) is -0.457. The lowest BCUT2D eigenvalue weighted by molar-refractivity contribution is -0.384. The first kappa shape index (κ1) is 17.8. The monoisotopic (exact) mass is 356 g/mol. The number of thiophene rings is 1. The van der Waals surface area contributed by atoms with E-state index in [1.54, 1.807) is 6.92 Å². The van der Waals surface area contributed by atoms with Crippen LogP contribution in [0.2, 0.25) is 4.34 Å². The van der Waals surface area contributed by atoms with Crippen molar-refractivity contribution in [2.75, 3.05) is 6.54 Å². The molecule has 118 valence electrons. The van der Waals surface area contributed by atoms with Gasteiger partial charge in [0.15, 0.2) is 4.34 Å². The Balaban J connectivity index is 2.71. The predicted molar refractivity (Wildman–Crippen MR) is 77.2 cm³/mol. The fourth-order valence-electron chi connectivity index (χ4n) is 1.39. The fraction of sp³-hybridized carbons (Fsp3) is 0.500. The number of sulfonamides is 1. The van der Waals surface area contributed by atoms with Crippen LogP contribution in [0.25, 0.3) is 0 Å².